The maximum Gasteiger partial charge on any atom is 0.249 e. The average Bonchev–Trinajstić information content (AvgIpc) is 3.46. The van der Waals surface area contributed by atoms with Crippen LogP contribution in [0.1, 0.15) is 49.3 Å². The first-order valence-electron chi connectivity index (χ1n) is 11.0. The molecule has 32 heavy (non-hydrogen) atoms. The van der Waals surface area contributed by atoms with Crippen LogP contribution in [-0.2, 0) is 16.2 Å². The summed E-state index contributed by atoms with van der Waals surface area (Å²) >= 11 is 0. The van der Waals surface area contributed by atoms with E-state index in [4.69, 9.17) is 10.1 Å². The highest BCUT2D eigenvalue weighted by Gasteiger charge is 2.37. The Balaban J connectivity index is 1.21. The van der Waals surface area contributed by atoms with Gasteiger partial charge < -0.3 is 4.57 Å². The van der Waals surface area contributed by atoms with Gasteiger partial charge in [-0.1, -0.05) is 0 Å². The molecule has 1 amide bonds. The van der Waals surface area contributed by atoms with E-state index in [9.17, 15) is 9.18 Å². The fourth-order valence-electron chi connectivity index (χ4n) is 4.93. The lowest BCUT2D eigenvalue weighted by Crippen LogP contribution is -2.37. The van der Waals surface area contributed by atoms with E-state index in [0.717, 1.165) is 43.3 Å². The van der Waals surface area contributed by atoms with Gasteiger partial charge in [0, 0.05) is 25.1 Å². The second-order valence-electron chi connectivity index (χ2n) is 8.67. The highest BCUT2D eigenvalue weighted by Crippen LogP contribution is 2.36. The summed E-state index contributed by atoms with van der Waals surface area (Å²) in [7, 11) is 0. The molecule has 1 saturated heterocycles. The summed E-state index contributed by atoms with van der Waals surface area (Å²) in [4.78, 5) is 27.2. The third-order valence-electron chi connectivity index (χ3n) is 6.63. The molecule has 164 valence electrons. The van der Waals surface area contributed by atoms with Crippen LogP contribution in [0.3, 0.4) is 0 Å². The summed E-state index contributed by atoms with van der Waals surface area (Å²) in [5.74, 6) is -0.0219. The number of imidazole rings is 1. The molecule has 1 saturated carbocycles. The van der Waals surface area contributed by atoms with E-state index in [0.29, 0.717) is 30.1 Å². The summed E-state index contributed by atoms with van der Waals surface area (Å²) in [6.07, 6.45) is 8.77. The van der Waals surface area contributed by atoms with E-state index in [2.05, 4.69) is 20.6 Å². The fourth-order valence-corrected chi connectivity index (χ4v) is 4.93. The van der Waals surface area contributed by atoms with Crippen molar-refractivity contribution in [3.8, 4) is 6.07 Å². The Labute approximate surface area is 185 Å². The molecule has 3 aromatic rings. The lowest BCUT2D eigenvalue weighted by molar-refractivity contribution is -0.183. The number of amides is 1. The van der Waals surface area contributed by atoms with Gasteiger partial charge >= 0.3 is 0 Å². The summed E-state index contributed by atoms with van der Waals surface area (Å²) in [6, 6.07) is 8.87. The number of carbonyl (C=O) groups is 1. The molecule has 2 fully saturated rings. The first kappa shape index (κ1) is 20.6. The molecule has 1 atom stereocenters. The van der Waals surface area contributed by atoms with E-state index in [-0.39, 0.29) is 17.9 Å². The molecule has 2 aromatic heterocycles. The zero-order valence-corrected chi connectivity index (χ0v) is 17.7. The van der Waals surface area contributed by atoms with Crippen molar-refractivity contribution in [2.24, 2.45) is 11.8 Å². The molecule has 0 radical (unpaired) electrons. The van der Waals surface area contributed by atoms with Crippen LogP contribution in [0, 0.1) is 29.0 Å². The molecular weight excluding hydrogens is 409 g/mol. The van der Waals surface area contributed by atoms with Crippen LogP contribution < -0.4 is 0 Å². The number of halogens is 1. The molecule has 3 heterocycles. The molecule has 2 aliphatic rings. The molecule has 0 bridgehead atoms. The number of rotatable bonds is 4. The molecule has 1 aliphatic carbocycles. The number of benzene rings is 1. The van der Waals surface area contributed by atoms with Crippen LogP contribution in [-0.4, -0.2) is 32.1 Å². The van der Waals surface area contributed by atoms with Gasteiger partial charge in [-0.15, -0.1) is 0 Å². The Morgan fingerprint density at radius 2 is 2.03 bits per heavy atom. The van der Waals surface area contributed by atoms with E-state index < -0.39 is 5.82 Å². The standard InChI is InChI=1S/C24H24FN5O2/c25-20-10-19(12-27-13-20)22-7-8-32-30(22)24(31)18-4-1-16(2-5-18)14-29-15-28-21-9-17(11-26)3-6-23(21)29/h3,6,9-10,12-13,15-16,18,22H,1-2,4-5,7-8,14H2/t16?,18?,22-/m0/s1. The predicted molar refractivity (Wildman–Crippen MR) is 114 cm³/mol. The number of nitriles is 1. The number of hydrogen-bond acceptors (Lipinski definition) is 5. The molecule has 8 heteroatoms. The van der Waals surface area contributed by atoms with Crippen LogP contribution in [0.25, 0.3) is 11.0 Å². The highest BCUT2D eigenvalue weighted by atomic mass is 19.1. The molecule has 0 spiro atoms. The van der Waals surface area contributed by atoms with Crippen LogP contribution in [0.4, 0.5) is 4.39 Å². The van der Waals surface area contributed by atoms with Crippen molar-refractivity contribution in [1.82, 2.24) is 19.6 Å². The van der Waals surface area contributed by atoms with E-state index in [1.807, 2.05) is 24.5 Å². The van der Waals surface area contributed by atoms with Crippen molar-refractivity contribution in [2.75, 3.05) is 6.61 Å². The Morgan fingerprint density at radius 3 is 2.81 bits per heavy atom. The molecule has 1 aromatic carbocycles. The molecular formula is C24H24FN5O2. The normalized spacial score (nSPS) is 23.4. The summed E-state index contributed by atoms with van der Waals surface area (Å²) in [5, 5.41) is 10.5. The minimum Gasteiger partial charge on any atom is -0.330 e. The van der Waals surface area contributed by atoms with Crippen LogP contribution in [0.2, 0.25) is 0 Å². The summed E-state index contributed by atoms with van der Waals surface area (Å²) in [6.45, 7) is 1.30. The summed E-state index contributed by atoms with van der Waals surface area (Å²) < 4.78 is 15.7. The average molecular weight is 433 g/mol. The number of pyridine rings is 1. The molecule has 0 unspecified atom stereocenters. The third kappa shape index (κ3) is 3.96. The van der Waals surface area contributed by atoms with Crippen LogP contribution >= 0.6 is 0 Å². The van der Waals surface area contributed by atoms with E-state index in [1.165, 1.54) is 17.3 Å². The van der Waals surface area contributed by atoms with Crippen molar-refractivity contribution < 1.29 is 14.0 Å². The van der Waals surface area contributed by atoms with E-state index in [1.54, 1.807) is 6.20 Å². The van der Waals surface area contributed by atoms with Gasteiger partial charge in [0.05, 0.1) is 47.8 Å². The lowest BCUT2D eigenvalue weighted by Gasteiger charge is -2.32. The fraction of sp³-hybridized carbons (Fsp3) is 0.417. The van der Waals surface area contributed by atoms with Crippen molar-refractivity contribution in [1.29, 1.82) is 5.26 Å². The zero-order chi connectivity index (χ0) is 22.1. The van der Waals surface area contributed by atoms with Crippen LogP contribution in [0.5, 0.6) is 0 Å². The SMILES string of the molecule is N#Cc1ccc2c(c1)ncn2CC1CCC(C(=O)N2OCC[C@H]2c2cncc(F)c2)CC1. The third-order valence-corrected chi connectivity index (χ3v) is 6.63. The Bertz CT molecular complexity index is 1180. The molecule has 5 rings (SSSR count). The largest absolute Gasteiger partial charge is 0.330 e. The number of hydrogen-bond donors (Lipinski definition) is 0. The first-order chi connectivity index (χ1) is 15.6. The number of aromatic nitrogens is 3. The second-order valence-corrected chi connectivity index (χ2v) is 8.67. The Morgan fingerprint density at radius 1 is 1.19 bits per heavy atom. The smallest absolute Gasteiger partial charge is 0.249 e. The Hall–Kier alpha value is -3.31. The van der Waals surface area contributed by atoms with Gasteiger partial charge in [0.15, 0.2) is 0 Å². The van der Waals surface area contributed by atoms with Gasteiger partial charge in [-0.05, 0) is 61.4 Å². The van der Waals surface area contributed by atoms with Gasteiger partial charge in [0.2, 0.25) is 5.91 Å². The number of hydroxylamine groups is 2. The first-order valence-corrected chi connectivity index (χ1v) is 11.0. The lowest BCUT2D eigenvalue weighted by atomic mass is 9.81. The number of nitrogens with zero attached hydrogens (tertiary/aromatic N) is 5. The highest BCUT2D eigenvalue weighted by molar-refractivity contribution is 5.79. The maximum atomic E-state index is 13.6. The summed E-state index contributed by atoms with van der Waals surface area (Å²) in [5.41, 5.74) is 3.14. The van der Waals surface area contributed by atoms with Gasteiger partial charge in [0.1, 0.15) is 5.82 Å². The molecule has 1 aliphatic heterocycles. The maximum absolute atomic E-state index is 13.6. The van der Waals surface area contributed by atoms with Crippen molar-refractivity contribution in [2.45, 2.75) is 44.7 Å². The van der Waals surface area contributed by atoms with Crippen molar-refractivity contribution in [3.05, 3.63) is 59.9 Å². The minimum absolute atomic E-state index is 0.00711. The monoisotopic (exact) mass is 433 g/mol. The zero-order valence-electron chi connectivity index (χ0n) is 17.7. The van der Waals surface area contributed by atoms with Gasteiger partial charge in [-0.3, -0.25) is 14.6 Å². The van der Waals surface area contributed by atoms with Crippen molar-refractivity contribution >= 4 is 16.9 Å². The van der Waals surface area contributed by atoms with Gasteiger partial charge in [-0.2, -0.15) is 5.26 Å². The van der Waals surface area contributed by atoms with Gasteiger partial charge in [0.25, 0.3) is 0 Å². The minimum atomic E-state index is -0.404. The quantitative estimate of drug-likeness (QED) is 0.617. The predicted octanol–water partition coefficient (Wildman–Crippen LogP) is 4.15. The van der Waals surface area contributed by atoms with Gasteiger partial charge in [-0.25, -0.2) is 14.4 Å². The second kappa shape index (κ2) is 8.67. The van der Waals surface area contributed by atoms with Crippen LogP contribution in [0.15, 0.2) is 43.0 Å². The number of fused-ring (bicyclic) bond motifs is 1. The van der Waals surface area contributed by atoms with E-state index >= 15 is 0 Å². The van der Waals surface area contributed by atoms with Crippen molar-refractivity contribution in [3.63, 3.8) is 0 Å². The molecule has 7 nitrogen and oxygen atoms in total. The Kier molecular flexibility index (Phi) is 5.58. The number of carbonyl (C=O) groups excluding carboxylic acids is 1. The topological polar surface area (TPSA) is 84.0 Å². The molecule has 0 N–H and O–H groups in total.